The fraction of sp³-hybridized carbons (Fsp3) is 0.333. The molecule has 3 nitrogen and oxygen atoms in total. The van der Waals surface area contributed by atoms with Crippen LogP contribution in [0.1, 0.15) is 29.0 Å². The molecule has 2 N–H and O–H groups in total. The molecule has 0 spiro atoms. The Labute approximate surface area is 126 Å². The summed E-state index contributed by atoms with van der Waals surface area (Å²) in [5, 5.41) is 0. The summed E-state index contributed by atoms with van der Waals surface area (Å²) in [6.07, 6.45) is 0.881. The van der Waals surface area contributed by atoms with Gasteiger partial charge in [-0.3, -0.25) is 0 Å². The van der Waals surface area contributed by atoms with Crippen molar-refractivity contribution < 1.29 is 9.47 Å². The first-order chi connectivity index (χ1) is 10.2. The largest absolute Gasteiger partial charge is 0.497 e. The van der Waals surface area contributed by atoms with Crippen molar-refractivity contribution in [2.24, 2.45) is 5.73 Å². The van der Waals surface area contributed by atoms with Gasteiger partial charge < -0.3 is 15.2 Å². The standard InChI is InChI=1S/C18H23NO2/c1-13-4-9-18(21-3)17(12-13)16(10-11-19)14-5-7-15(20-2)8-6-14/h4-9,12,16H,10-11,19H2,1-3H3. The number of benzene rings is 2. The van der Waals surface area contributed by atoms with Crippen molar-refractivity contribution in [2.45, 2.75) is 19.3 Å². The van der Waals surface area contributed by atoms with E-state index >= 15 is 0 Å². The van der Waals surface area contributed by atoms with Crippen LogP contribution in [-0.2, 0) is 0 Å². The highest BCUT2D eigenvalue weighted by Crippen LogP contribution is 2.35. The van der Waals surface area contributed by atoms with Crippen LogP contribution in [0.15, 0.2) is 42.5 Å². The Balaban J connectivity index is 2.44. The van der Waals surface area contributed by atoms with Crippen LogP contribution in [0.4, 0.5) is 0 Å². The number of hydrogen-bond donors (Lipinski definition) is 1. The molecule has 0 radical (unpaired) electrons. The molecule has 0 aliphatic carbocycles. The maximum Gasteiger partial charge on any atom is 0.122 e. The minimum atomic E-state index is 0.232. The predicted molar refractivity (Wildman–Crippen MR) is 86.2 cm³/mol. The fourth-order valence-corrected chi connectivity index (χ4v) is 2.63. The molecule has 2 rings (SSSR count). The molecule has 0 heterocycles. The molecule has 0 bridgehead atoms. The smallest absolute Gasteiger partial charge is 0.122 e. The first-order valence-corrected chi connectivity index (χ1v) is 7.18. The van der Waals surface area contributed by atoms with Gasteiger partial charge in [0.25, 0.3) is 0 Å². The van der Waals surface area contributed by atoms with Crippen LogP contribution >= 0.6 is 0 Å². The molecule has 0 aliphatic rings. The second-order valence-electron chi connectivity index (χ2n) is 5.15. The van der Waals surface area contributed by atoms with Crippen molar-refractivity contribution in [1.29, 1.82) is 0 Å². The summed E-state index contributed by atoms with van der Waals surface area (Å²) in [5.74, 6) is 2.01. The monoisotopic (exact) mass is 285 g/mol. The summed E-state index contributed by atoms with van der Waals surface area (Å²) in [6.45, 7) is 2.73. The second-order valence-corrected chi connectivity index (χ2v) is 5.15. The van der Waals surface area contributed by atoms with Gasteiger partial charge in [0.1, 0.15) is 11.5 Å². The van der Waals surface area contributed by atoms with Crippen LogP contribution in [0, 0.1) is 6.92 Å². The third kappa shape index (κ3) is 3.56. The minimum absolute atomic E-state index is 0.232. The Morgan fingerprint density at radius 3 is 2.29 bits per heavy atom. The van der Waals surface area contributed by atoms with Crippen molar-refractivity contribution in [2.75, 3.05) is 20.8 Å². The molecule has 0 fully saturated rings. The average molecular weight is 285 g/mol. The molecule has 0 saturated heterocycles. The molecule has 112 valence electrons. The van der Waals surface area contributed by atoms with Gasteiger partial charge in [-0.05, 0) is 43.7 Å². The molecule has 0 saturated carbocycles. The Bertz CT molecular complexity index is 578. The molecular formula is C18H23NO2. The van der Waals surface area contributed by atoms with E-state index in [0.29, 0.717) is 6.54 Å². The van der Waals surface area contributed by atoms with Crippen LogP contribution < -0.4 is 15.2 Å². The van der Waals surface area contributed by atoms with E-state index in [1.165, 1.54) is 16.7 Å². The predicted octanol–water partition coefficient (Wildman–Crippen LogP) is 3.49. The third-order valence-corrected chi connectivity index (χ3v) is 3.73. The van der Waals surface area contributed by atoms with Crippen LogP contribution in [0.25, 0.3) is 0 Å². The Hall–Kier alpha value is -2.00. The zero-order valence-electron chi connectivity index (χ0n) is 12.9. The summed E-state index contributed by atoms with van der Waals surface area (Å²) >= 11 is 0. The van der Waals surface area contributed by atoms with Gasteiger partial charge >= 0.3 is 0 Å². The lowest BCUT2D eigenvalue weighted by Crippen LogP contribution is -2.10. The zero-order chi connectivity index (χ0) is 15.2. The van der Waals surface area contributed by atoms with Gasteiger partial charge in [0.15, 0.2) is 0 Å². The van der Waals surface area contributed by atoms with E-state index in [1.54, 1.807) is 14.2 Å². The molecular weight excluding hydrogens is 262 g/mol. The third-order valence-electron chi connectivity index (χ3n) is 3.73. The molecule has 1 atom stereocenters. The van der Waals surface area contributed by atoms with Crippen LogP contribution in [0.3, 0.4) is 0 Å². The van der Waals surface area contributed by atoms with Crippen LogP contribution in [-0.4, -0.2) is 20.8 Å². The van der Waals surface area contributed by atoms with Gasteiger partial charge in [0.05, 0.1) is 14.2 Å². The number of methoxy groups -OCH3 is 2. The van der Waals surface area contributed by atoms with Gasteiger partial charge in [-0.1, -0.05) is 29.8 Å². The van der Waals surface area contributed by atoms with Gasteiger partial charge in [-0.25, -0.2) is 0 Å². The van der Waals surface area contributed by atoms with E-state index < -0.39 is 0 Å². The van der Waals surface area contributed by atoms with Crippen LogP contribution in [0.5, 0.6) is 11.5 Å². The maximum atomic E-state index is 5.82. The van der Waals surface area contributed by atoms with Crippen molar-refractivity contribution in [3.8, 4) is 11.5 Å². The molecule has 0 aliphatic heterocycles. The Morgan fingerprint density at radius 2 is 1.71 bits per heavy atom. The maximum absolute atomic E-state index is 5.82. The SMILES string of the molecule is COc1ccc(C(CCN)c2cc(C)ccc2OC)cc1. The molecule has 21 heavy (non-hydrogen) atoms. The highest BCUT2D eigenvalue weighted by molar-refractivity contribution is 5.45. The lowest BCUT2D eigenvalue weighted by atomic mass is 9.87. The number of nitrogens with two attached hydrogens (primary N) is 1. The van der Waals surface area contributed by atoms with E-state index in [2.05, 4.69) is 31.2 Å². The average Bonchev–Trinajstić information content (AvgIpc) is 2.53. The molecule has 2 aromatic carbocycles. The van der Waals surface area contributed by atoms with Crippen molar-refractivity contribution in [3.63, 3.8) is 0 Å². The second kappa shape index (κ2) is 7.14. The van der Waals surface area contributed by atoms with Crippen molar-refractivity contribution in [1.82, 2.24) is 0 Å². The number of aryl methyl sites for hydroxylation is 1. The molecule has 0 aromatic heterocycles. The Morgan fingerprint density at radius 1 is 1.00 bits per heavy atom. The van der Waals surface area contributed by atoms with E-state index in [0.717, 1.165) is 17.9 Å². The van der Waals surface area contributed by atoms with E-state index in [9.17, 15) is 0 Å². The summed E-state index contributed by atoms with van der Waals surface area (Å²) in [6, 6.07) is 14.4. The molecule has 3 heteroatoms. The van der Waals surface area contributed by atoms with Gasteiger partial charge in [0.2, 0.25) is 0 Å². The quantitative estimate of drug-likeness (QED) is 0.883. The lowest BCUT2D eigenvalue weighted by molar-refractivity contribution is 0.406. The number of hydrogen-bond acceptors (Lipinski definition) is 3. The highest BCUT2D eigenvalue weighted by Gasteiger charge is 2.18. The van der Waals surface area contributed by atoms with Crippen molar-refractivity contribution in [3.05, 3.63) is 59.2 Å². The fourth-order valence-electron chi connectivity index (χ4n) is 2.63. The summed E-state index contributed by atoms with van der Waals surface area (Å²) in [5.41, 5.74) is 9.46. The lowest BCUT2D eigenvalue weighted by Gasteiger charge is -2.21. The number of rotatable bonds is 6. The Kier molecular flexibility index (Phi) is 5.23. The van der Waals surface area contributed by atoms with E-state index in [-0.39, 0.29) is 5.92 Å². The zero-order valence-corrected chi connectivity index (χ0v) is 12.9. The molecule has 2 aromatic rings. The van der Waals surface area contributed by atoms with E-state index in [1.807, 2.05) is 18.2 Å². The highest BCUT2D eigenvalue weighted by atomic mass is 16.5. The van der Waals surface area contributed by atoms with Gasteiger partial charge in [-0.15, -0.1) is 0 Å². The first kappa shape index (κ1) is 15.4. The van der Waals surface area contributed by atoms with Crippen LogP contribution in [0.2, 0.25) is 0 Å². The molecule has 0 amide bonds. The van der Waals surface area contributed by atoms with Crippen molar-refractivity contribution >= 4 is 0 Å². The topological polar surface area (TPSA) is 44.5 Å². The molecule has 1 unspecified atom stereocenters. The summed E-state index contributed by atoms with van der Waals surface area (Å²) in [4.78, 5) is 0. The van der Waals surface area contributed by atoms with Gasteiger partial charge in [0, 0.05) is 11.5 Å². The number of ether oxygens (including phenoxy) is 2. The normalized spacial score (nSPS) is 12.0. The van der Waals surface area contributed by atoms with Gasteiger partial charge in [-0.2, -0.15) is 0 Å². The summed E-state index contributed by atoms with van der Waals surface area (Å²) in [7, 11) is 3.39. The first-order valence-electron chi connectivity index (χ1n) is 7.18. The van der Waals surface area contributed by atoms with E-state index in [4.69, 9.17) is 15.2 Å². The summed E-state index contributed by atoms with van der Waals surface area (Å²) < 4.78 is 10.8. The minimum Gasteiger partial charge on any atom is -0.497 e.